The number of benzene rings is 2. The van der Waals surface area contributed by atoms with Crippen molar-refractivity contribution in [2.75, 3.05) is 5.32 Å². The van der Waals surface area contributed by atoms with Gasteiger partial charge in [-0.05, 0) is 56.5 Å². The van der Waals surface area contributed by atoms with E-state index in [1.165, 1.54) is 5.56 Å². The van der Waals surface area contributed by atoms with Crippen LogP contribution in [0, 0.1) is 13.8 Å². The van der Waals surface area contributed by atoms with Crippen LogP contribution in [-0.2, 0) is 6.54 Å². The highest BCUT2D eigenvalue weighted by atomic mass is 16.2. The summed E-state index contributed by atoms with van der Waals surface area (Å²) >= 11 is 0. The fraction of sp³-hybridized carbons (Fsp3) is 0.261. The van der Waals surface area contributed by atoms with E-state index in [0.29, 0.717) is 18.2 Å². The van der Waals surface area contributed by atoms with Crippen molar-refractivity contribution in [3.8, 4) is 0 Å². The molecule has 3 aromatic rings. The molecule has 0 spiro atoms. The molecule has 0 radical (unpaired) electrons. The van der Waals surface area contributed by atoms with Crippen molar-refractivity contribution in [3.05, 3.63) is 83.2 Å². The molecule has 0 unspecified atom stereocenters. The van der Waals surface area contributed by atoms with Crippen LogP contribution in [0.4, 0.5) is 11.6 Å². The van der Waals surface area contributed by atoms with Crippen molar-refractivity contribution < 1.29 is 4.79 Å². The molecule has 0 aliphatic carbocycles. The molecule has 5 heteroatoms. The van der Waals surface area contributed by atoms with Crippen molar-refractivity contribution in [1.82, 2.24) is 14.9 Å². The van der Waals surface area contributed by atoms with Crippen LogP contribution >= 0.6 is 0 Å². The van der Waals surface area contributed by atoms with E-state index in [1.807, 2.05) is 68.1 Å². The lowest BCUT2D eigenvalue weighted by Gasteiger charge is -2.26. The average molecular weight is 374 g/mol. The first-order chi connectivity index (χ1) is 13.5. The number of carbonyl (C=O) groups excluding carboxylic acids is 1. The SMILES string of the molecule is Cc1cccc(Nc2nccc(C(=O)N(Cc3ccccc3)C(C)C)n2)c1C. The first-order valence-corrected chi connectivity index (χ1v) is 9.47. The van der Waals surface area contributed by atoms with Gasteiger partial charge in [-0.1, -0.05) is 42.5 Å². The molecule has 1 amide bonds. The van der Waals surface area contributed by atoms with E-state index in [4.69, 9.17) is 0 Å². The van der Waals surface area contributed by atoms with Gasteiger partial charge in [-0.15, -0.1) is 0 Å². The summed E-state index contributed by atoms with van der Waals surface area (Å²) in [6.07, 6.45) is 1.62. The number of hydrogen-bond donors (Lipinski definition) is 1. The van der Waals surface area contributed by atoms with Crippen LogP contribution in [0.25, 0.3) is 0 Å². The minimum Gasteiger partial charge on any atom is -0.331 e. The highest BCUT2D eigenvalue weighted by molar-refractivity contribution is 5.92. The second-order valence-electron chi connectivity index (χ2n) is 7.15. The molecule has 3 rings (SSSR count). The second kappa shape index (κ2) is 8.65. The highest BCUT2D eigenvalue weighted by Crippen LogP contribution is 2.21. The first-order valence-electron chi connectivity index (χ1n) is 9.47. The van der Waals surface area contributed by atoms with Crippen LogP contribution in [0.3, 0.4) is 0 Å². The second-order valence-corrected chi connectivity index (χ2v) is 7.15. The van der Waals surface area contributed by atoms with E-state index >= 15 is 0 Å². The Morgan fingerprint density at radius 1 is 1.04 bits per heavy atom. The summed E-state index contributed by atoms with van der Waals surface area (Å²) in [7, 11) is 0. The van der Waals surface area contributed by atoms with Crippen molar-refractivity contribution in [2.45, 2.75) is 40.3 Å². The molecule has 28 heavy (non-hydrogen) atoms. The predicted molar refractivity (Wildman–Crippen MR) is 113 cm³/mol. The monoisotopic (exact) mass is 374 g/mol. The molecule has 0 bridgehead atoms. The summed E-state index contributed by atoms with van der Waals surface area (Å²) < 4.78 is 0. The van der Waals surface area contributed by atoms with Crippen LogP contribution in [0.15, 0.2) is 60.8 Å². The summed E-state index contributed by atoms with van der Waals surface area (Å²) in [4.78, 5) is 23.7. The van der Waals surface area contributed by atoms with Gasteiger partial charge < -0.3 is 10.2 Å². The van der Waals surface area contributed by atoms with Gasteiger partial charge in [-0.25, -0.2) is 9.97 Å². The van der Waals surface area contributed by atoms with Crippen LogP contribution in [-0.4, -0.2) is 26.8 Å². The Balaban J connectivity index is 1.83. The Kier molecular flexibility index (Phi) is 6.04. The van der Waals surface area contributed by atoms with Crippen LogP contribution < -0.4 is 5.32 Å². The van der Waals surface area contributed by atoms with Crippen molar-refractivity contribution in [1.29, 1.82) is 0 Å². The third-order valence-corrected chi connectivity index (χ3v) is 4.81. The van der Waals surface area contributed by atoms with E-state index in [-0.39, 0.29) is 11.9 Å². The Morgan fingerprint density at radius 2 is 1.79 bits per heavy atom. The van der Waals surface area contributed by atoms with E-state index in [9.17, 15) is 4.79 Å². The number of rotatable bonds is 6. The van der Waals surface area contributed by atoms with Gasteiger partial charge in [0.15, 0.2) is 0 Å². The summed E-state index contributed by atoms with van der Waals surface area (Å²) in [5.41, 5.74) is 4.73. The Hall–Kier alpha value is -3.21. The normalized spacial score (nSPS) is 10.8. The third-order valence-electron chi connectivity index (χ3n) is 4.81. The standard InChI is InChI=1S/C23H26N4O/c1-16(2)27(15-19-10-6-5-7-11-19)22(28)21-13-14-24-23(26-21)25-20-12-8-9-17(3)18(20)4/h5-14,16H,15H2,1-4H3,(H,24,25,26). The Morgan fingerprint density at radius 3 is 2.50 bits per heavy atom. The van der Waals surface area contributed by atoms with E-state index in [1.54, 1.807) is 12.3 Å². The summed E-state index contributed by atoms with van der Waals surface area (Å²) in [5.74, 6) is 0.313. The molecule has 144 valence electrons. The minimum absolute atomic E-state index is 0.0538. The number of nitrogens with zero attached hydrogens (tertiary/aromatic N) is 3. The molecule has 0 aliphatic rings. The number of anilines is 2. The van der Waals surface area contributed by atoms with E-state index in [0.717, 1.165) is 16.8 Å². The molecular weight excluding hydrogens is 348 g/mol. The Labute approximate surface area is 166 Å². The molecule has 5 nitrogen and oxygen atoms in total. The number of carbonyl (C=O) groups is 1. The van der Waals surface area contributed by atoms with E-state index < -0.39 is 0 Å². The smallest absolute Gasteiger partial charge is 0.273 e. The summed E-state index contributed by atoms with van der Waals surface area (Å²) in [6.45, 7) is 8.67. The average Bonchev–Trinajstić information content (AvgIpc) is 2.70. The van der Waals surface area contributed by atoms with Gasteiger partial charge in [0, 0.05) is 24.5 Å². The van der Waals surface area contributed by atoms with Gasteiger partial charge in [0.1, 0.15) is 5.69 Å². The highest BCUT2D eigenvalue weighted by Gasteiger charge is 2.21. The lowest BCUT2D eigenvalue weighted by Crippen LogP contribution is -2.37. The van der Waals surface area contributed by atoms with Crippen LogP contribution in [0.2, 0.25) is 0 Å². The maximum Gasteiger partial charge on any atom is 0.273 e. The number of amides is 1. The van der Waals surface area contributed by atoms with Gasteiger partial charge in [-0.2, -0.15) is 0 Å². The minimum atomic E-state index is -0.106. The topological polar surface area (TPSA) is 58.1 Å². The fourth-order valence-electron chi connectivity index (χ4n) is 2.96. The van der Waals surface area contributed by atoms with Gasteiger partial charge in [0.2, 0.25) is 5.95 Å². The molecule has 0 saturated carbocycles. The number of aryl methyl sites for hydroxylation is 1. The number of aromatic nitrogens is 2. The summed E-state index contributed by atoms with van der Waals surface area (Å²) in [5, 5.41) is 3.23. The van der Waals surface area contributed by atoms with Crippen LogP contribution in [0.5, 0.6) is 0 Å². The summed E-state index contributed by atoms with van der Waals surface area (Å²) in [6, 6.07) is 17.7. The lowest BCUT2D eigenvalue weighted by molar-refractivity contribution is 0.0684. The number of hydrogen-bond acceptors (Lipinski definition) is 4. The van der Waals surface area contributed by atoms with Crippen LogP contribution in [0.1, 0.15) is 41.0 Å². The first kappa shape index (κ1) is 19.5. The maximum absolute atomic E-state index is 13.1. The molecule has 1 aromatic heterocycles. The zero-order chi connectivity index (χ0) is 20.1. The zero-order valence-electron chi connectivity index (χ0n) is 16.8. The van der Waals surface area contributed by atoms with Crippen molar-refractivity contribution in [3.63, 3.8) is 0 Å². The maximum atomic E-state index is 13.1. The molecule has 0 aliphatic heterocycles. The molecule has 0 fully saturated rings. The molecule has 0 atom stereocenters. The molecule has 1 N–H and O–H groups in total. The van der Waals surface area contributed by atoms with Gasteiger partial charge >= 0.3 is 0 Å². The Bertz CT molecular complexity index is 954. The molecular formula is C23H26N4O. The predicted octanol–water partition coefficient (Wildman–Crippen LogP) is 4.89. The zero-order valence-corrected chi connectivity index (χ0v) is 16.8. The van der Waals surface area contributed by atoms with E-state index in [2.05, 4.69) is 28.3 Å². The molecule has 1 heterocycles. The van der Waals surface area contributed by atoms with Crippen molar-refractivity contribution >= 4 is 17.5 Å². The lowest BCUT2D eigenvalue weighted by atomic mass is 10.1. The largest absolute Gasteiger partial charge is 0.331 e. The van der Waals surface area contributed by atoms with Crippen molar-refractivity contribution in [2.24, 2.45) is 0 Å². The fourth-order valence-corrected chi connectivity index (χ4v) is 2.96. The van der Waals surface area contributed by atoms with Gasteiger partial charge in [-0.3, -0.25) is 4.79 Å². The molecule has 0 saturated heterocycles. The molecule has 2 aromatic carbocycles. The van der Waals surface area contributed by atoms with Gasteiger partial charge in [0.05, 0.1) is 0 Å². The third kappa shape index (κ3) is 4.55. The van der Waals surface area contributed by atoms with Gasteiger partial charge in [0.25, 0.3) is 5.91 Å². The number of nitrogens with one attached hydrogen (secondary N) is 1. The quantitative estimate of drug-likeness (QED) is 0.667.